The van der Waals surface area contributed by atoms with Gasteiger partial charge in [0.1, 0.15) is 11.6 Å². The van der Waals surface area contributed by atoms with Gasteiger partial charge < -0.3 is 20.4 Å². The van der Waals surface area contributed by atoms with Crippen LogP contribution in [0.25, 0.3) is 11.2 Å². The minimum Gasteiger partial charge on any atom is -0.409 e. The van der Waals surface area contributed by atoms with Gasteiger partial charge in [0.15, 0.2) is 11.5 Å². The number of nitrogens with one attached hydrogen (secondary N) is 2. The molecule has 3 heterocycles. The second-order valence-corrected chi connectivity index (χ2v) is 8.32. The average molecular weight is 445 g/mol. The third kappa shape index (κ3) is 4.97. The number of hydrogen-bond acceptors (Lipinski definition) is 5. The number of aromatic amines is 1. The molecule has 2 aromatic heterocycles. The Bertz CT molecular complexity index is 1090. The number of hydrogen-bond donors (Lipinski definition) is 3. The summed E-state index contributed by atoms with van der Waals surface area (Å²) in [4.78, 5) is 14.8. The normalized spacial score (nSPS) is 17.9. The SMILES string of the molecule is CCC1CCCN(CCc2nc3nccc(/C(=N/O)Nc4ccc(F)c(Cl)c4)c3[nH]2)C1. The first-order valence-corrected chi connectivity index (χ1v) is 11.0. The average Bonchev–Trinajstić information content (AvgIpc) is 3.22. The lowest BCUT2D eigenvalue weighted by Gasteiger charge is -2.31. The first kappa shape index (κ1) is 21.5. The summed E-state index contributed by atoms with van der Waals surface area (Å²) in [5, 5.41) is 16.0. The fourth-order valence-electron chi connectivity index (χ4n) is 4.08. The highest BCUT2D eigenvalue weighted by Gasteiger charge is 2.19. The fourth-order valence-corrected chi connectivity index (χ4v) is 4.26. The molecule has 1 saturated heterocycles. The van der Waals surface area contributed by atoms with E-state index < -0.39 is 5.82 Å². The molecule has 3 N–H and O–H groups in total. The lowest BCUT2D eigenvalue weighted by Crippen LogP contribution is -2.36. The van der Waals surface area contributed by atoms with E-state index in [1.165, 1.54) is 37.5 Å². The Labute approximate surface area is 185 Å². The third-order valence-corrected chi connectivity index (χ3v) is 6.11. The van der Waals surface area contributed by atoms with E-state index in [2.05, 4.69) is 37.2 Å². The Kier molecular flexibility index (Phi) is 6.67. The second kappa shape index (κ2) is 9.62. The van der Waals surface area contributed by atoms with Crippen molar-refractivity contribution in [3.8, 4) is 0 Å². The van der Waals surface area contributed by atoms with Gasteiger partial charge in [-0.25, -0.2) is 14.4 Å². The molecule has 9 heteroatoms. The summed E-state index contributed by atoms with van der Waals surface area (Å²) in [6.07, 6.45) is 6.20. The largest absolute Gasteiger partial charge is 0.409 e. The molecule has 1 unspecified atom stereocenters. The van der Waals surface area contributed by atoms with E-state index in [1.54, 1.807) is 12.3 Å². The number of anilines is 1. The van der Waals surface area contributed by atoms with E-state index in [1.807, 2.05) is 0 Å². The van der Waals surface area contributed by atoms with Crippen LogP contribution in [0.3, 0.4) is 0 Å². The number of pyridine rings is 1. The Morgan fingerprint density at radius 3 is 3.06 bits per heavy atom. The summed E-state index contributed by atoms with van der Waals surface area (Å²) in [7, 11) is 0. The van der Waals surface area contributed by atoms with Gasteiger partial charge in [0.2, 0.25) is 0 Å². The van der Waals surface area contributed by atoms with Gasteiger partial charge in [0.25, 0.3) is 0 Å². The zero-order valence-corrected chi connectivity index (χ0v) is 18.2. The second-order valence-electron chi connectivity index (χ2n) is 7.91. The van der Waals surface area contributed by atoms with E-state index in [-0.39, 0.29) is 10.9 Å². The molecular formula is C22H26ClFN6O. The van der Waals surface area contributed by atoms with Crippen molar-refractivity contribution in [3.05, 3.63) is 52.7 Å². The number of imidazole rings is 1. The number of nitrogens with zero attached hydrogens (tertiary/aromatic N) is 4. The molecule has 1 atom stereocenters. The maximum atomic E-state index is 13.4. The number of oxime groups is 1. The van der Waals surface area contributed by atoms with Crippen molar-refractivity contribution >= 4 is 34.3 Å². The van der Waals surface area contributed by atoms with Crippen LogP contribution in [0.15, 0.2) is 35.6 Å². The molecular weight excluding hydrogens is 419 g/mol. The Hall–Kier alpha value is -2.71. The zero-order valence-electron chi connectivity index (χ0n) is 17.4. The predicted molar refractivity (Wildman–Crippen MR) is 120 cm³/mol. The summed E-state index contributed by atoms with van der Waals surface area (Å²) in [5.74, 6) is 1.30. The summed E-state index contributed by atoms with van der Waals surface area (Å²) >= 11 is 5.85. The number of benzene rings is 1. The molecule has 1 fully saturated rings. The van der Waals surface area contributed by atoms with Crippen molar-refractivity contribution in [2.75, 3.05) is 25.0 Å². The quantitative estimate of drug-likeness (QED) is 0.222. The molecule has 0 aliphatic carbocycles. The molecule has 0 amide bonds. The van der Waals surface area contributed by atoms with E-state index >= 15 is 0 Å². The van der Waals surface area contributed by atoms with E-state index in [0.29, 0.717) is 22.4 Å². The zero-order chi connectivity index (χ0) is 21.8. The van der Waals surface area contributed by atoms with Gasteiger partial charge in [-0.3, -0.25) is 0 Å². The van der Waals surface area contributed by atoms with Gasteiger partial charge in [-0.15, -0.1) is 0 Å². The minimum atomic E-state index is -0.516. The van der Waals surface area contributed by atoms with Crippen LogP contribution < -0.4 is 5.32 Å². The first-order valence-electron chi connectivity index (χ1n) is 10.6. The lowest BCUT2D eigenvalue weighted by atomic mass is 9.95. The van der Waals surface area contributed by atoms with Crippen molar-refractivity contribution in [3.63, 3.8) is 0 Å². The minimum absolute atomic E-state index is 0.0194. The van der Waals surface area contributed by atoms with Crippen LogP contribution in [0, 0.1) is 11.7 Å². The number of likely N-dealkylation sites (tertiary alicyclic amines) is 1. The Morgan fingerprint density at radius 2 is 2.29 bits per heavy atom. The van der Waals surface area contributed by atoms with Crippen molar-refractivity contribution in [2.24, 2.45) is 11.1 Å². The third-order valence-electron chi connectivity index (χ3n) is 5.82. The molecule has 1 aliphatic heterocycles. The molecule has 0 bridgehead atoms. The van der Waals surface area contributed by atoms with E-state index in [0.717, 1.165) is 37.8 Å². The van der Waals surface area contributed by atoms with Gasteiger partial charge in [-0.1, -0.05) is 30.1 Å². The summed E-state index contributed by atoms with van der Waals surface area (Å²) < 4.78 is 13.4. The van der Waals surface area contributed by atoms with Crippen LogP contribution in [-0.4, -0.2) is 50.5 Å². The monoisotopic (exact) mass is 444 g/mol. The molecule has 31 heavy (non-hydrogen) atoms. The number of halogens is 2. The lowest BCUT2D eigenvalue weighted by molar-refractivity contribution is 0.173. The molecule has 1 aromatic carbocycles. The molecule has 0 saturated carbocycles. The maximum absolute atomic E-state index is 13.4. The van der Waals surface area contributed by atoms with Gasteiger partial charge in [0.05, 0.1) is 10.5 Å². The summed E-state index contributed by atoms with van der Waals surface area (Å²) in [5.41, 5.74) is 2.34. The van der Waals surface area contributed by atoms with Crippen molar-refractivity contribution in [1.82, 2.24) is 19.9 Å². The van der Waals surface area contributed by atoms with Crippen molar-refractivity contribution in [2.45, 2.75) is 32.6 Å². The smallest absolute Gasteiger partial charge is 0.179 e. The highest BCUT2D eigenvalue weighted by atomic mass is 35.5. The maximum Gasteiger partial charge on any atom is 0.179 e. The molecule has 7 nitrogen and oxygen atoms in total. The predicted octanol–water partition coefficient (Wildman–Crippen LogP) is 4.66. The van der Waals surface area contributed by atoms with Crippen LogP contribution in [0.5, 0.6) is 0 Å². The molecule has 164 valence electrons. The highest BCUT2D eigenvalue weighted by Crippen LogP contribution is 2.22. The number of amidine groups is 1. The van der Waals surface area contributed by atoms with Crippen LogP contribution in [0.1, 0.15) is 37.6 Å². The summed E-state index contributed by atoms with van der Waals surface area (Å²) in [6, 6.07) is 5.93. The van der Waals surface area contributed by atoms with Crippen molar-refractivity contribution in [1.29, 1.82) is 0 Å². The number of rotatable bonds is 6. The van der Waals surface area contributed by atoms with E-state index in [9.17, 15) is 9.60 Å². The molecule has 3 aromatic rings. The first-order chi connectivity index (χ1) is 15.1. The number of H-pyrrole nitrogens is 1. The van der Waals surface area contributed by atoms with Gasteiger partial charge >= 0.3 is 0 Å². The molecule has 1 aliphatic rings. The van der Waals surface area contributed by atoms with Crippen LogP contribution in [0.2, 0.25) is 5.02 Å². The van der Waals surface area contributed by atoms with Gasteiger partial charge in [0, 0.05) is 37.0 Å². The fraction of sp³-hybridized carbons (Fsp3) is 0.409. The topological polar surface area (TPSA) is 89.4 Å². The number of piperidine rings is 1. The summed E-state index contributed by atoms with van der Waals surface area (Å²) in [6.45, 7) is 5.48. The number of aromatic nitrogens is 3. The Morgan fingerprint density at radius 1 is 1.42 bits per heavy atom. The van der Waals surface area contributed by atoms with Gasteiger partial charge in [-0.05, 0) is 49.6 Å². The van der Waals surface area contributed by atoms with Gasteiger partial charge in [-0.2, -0.15) is 0 Å². The van der Waals surface area contributed by atoms with Crippen LogP contribution in [0.4, 0.5) is 10.1 Å². The highest BCUT2D eigenvalue weighted by molar-refractivity contribution is 6.31. The van der Waals surface area contributed by atoms with Crippen molar-refractivity contribution < 1.29 is 9.60 Å². The molecule has 0 spiro atoms. The Balaban J connectivity index is 1.51. The van der Waals surface area contributed by atoms with E-state index in [4.69, 9.17) is 11.6 Å². The number of fused-ring (bicyclic) bond motifs is 1. The standard InChI is InChI=1S/C22H26ClFN6O/c1-2-14-4-3-10-30(13-14)11-8-19-27-20-16(7-9-25-22(20)28-19)21(29-31)26-15-5-6-18(24)17(23)12-15/h5-7,9,12,14,31H,2-4,8,10-11,13H2,1H3,(H,26,29)(H,25,27,28). The molecule has 4 rings (SSSR count). The van der Waals surface area contributed by atoms with Crippen LogP contribution >= 0.6 is 11.6 Å². The molecule has 0 radical (unpaired) electrons. The van der Waals surface area contributed by atoms with Crippen LogP contribution in [-0.2, 0) is 6.42 Å².